The van der Waals surface area contributed by atoms with Crippen molar-refractivity contribution in [3.05, 3.63) is 54.5 Å². The summed E-state index contributed by atoms with van der Waals surface area (Å²) in [4.78, 5) is 4.05. The van der Waals surface area contributed by atoms with Gasteiger partial charge in [0.25, 0.3) is 0 Å². The lowest BCUT2D eigenvalue weighted by molar-refractivity contribution is -0.141. The molecule has 0 unspecified atom stereocenters. The molecule has 0 aromatic carbocycles. The minimum Gasteiger partial charge on any atom is -0.237 e. The molecule has 0 aliphatic rings. The van der Waals surface area contributed by atoms with Crippen LogP contribution in [0.2, 0.25) is 0 Å². The summed E-state index contributed by atoms with van der Waals surface area (Å²) in [6.45, 7) is 3.60. The van der Waals surface area contributed by atoms with Gasteiger partial charge in [0.1, 0.15) is 0 Å². The molecule has 0 spiro atoms. The van der Waals surface area contributed by atoms with Gasteiger partial charge in [-0.3, -0.25) is 0 Å². The van der Waals surface area contributed by atoms with E-state index in [1.807, 2.05) is 0 Å². The average Bonchev–Trinajstić information content (AvgIpc) is 2.79. The highest BCUT2D eigenvalue weighted by atomic mass is 19.4. The van der Waals surface area contributed by atoms with Gasteiger partial charge in [-0.15, -0.1) is 6.58 Å². The number of aromatic nitrogens is 3. The summed E-state index contributed by atoms with van der Waals surface area (Å²) >= 11 is 0. The zero-order chi connectivity index (χ0) is 13.2. The van der Waals surface area contributed by atoms with Crippen LogP contribution in [-0.4, -0.2) is 14.8 Å². The number of allylic oxidation sites excluding steroid dienone is 1. The molecule has 0 amide bonds. The van der Waals surface area contributed by atoms with Crippen molar-refractivity contribution in [3.8, 4) is 5.82 Å². The maximum atomic E-state index is 12.4. The minimum absolute atomic E-state index is 0.346. The van der Waals surface area contributed by atoms with Gasteiger partial charge in [-0.1, -0.05) is 12.1 Å². The van der Waals surface area contributed by atoms with E-state index in [0.717, 1.165) is 16.3 Å². The molecule has 2 aromatic heterocycles. The fourth-order valence-corrected chi connectivity index (χ4v) is 1.44. The van der Waals surface area contributed by atoms with E-state index in [1.54, 1.807) is 24.4 Å². The minimum atomic E-state index is -4.44. The predicted molar refractivity (Wildman–Crippen MR) is 60.3 cm³/mol. The van der Waals surface area contributed by atoms with Crippen molar-refractivity contribution in [2.45, 2.75) is 12.6 Å². The van der Waals surface area contributed by atoms with E-state index >= 15 is 0 Å². The molecule has 0 saturated heterocycles. The van der Waals surface area contributed by atoms with E-state index in [4.69, 9.17) is 0 Å². The Balaban J connectivity index is 2.26. The van der Waals surface area contributed by atoms with E-state index in [-0.39, 0.29) is 0 Å². The monoisotopic (exact) mass is 253 g/mol. The van der Waals surface area contributed by atoms with Gasteiger partial charge in [0.15, 0.2) is 11.5 Å². The maximum absolute atomic E-state index is 12.4. The second-order valence-corrected chi connectivity index (χ2v) is 3.66. The summed E-state index contributed by atoms with van der Waals surface area (Å²) in [5.74, 6) is 0.346. The van der Waals surface area contributed by atoms with Crippen LogP contribution in [0.15, 0.2) is 43.2 Å². The molecule has 2 heterocycles. The number of pyridine rings is 1. The zero-order valence-electron chi connectivity index (χ0n) is 9.35. The van der Waals surface area contributed by atoms with Crippen molar-refractivity contribution in [2.75, 3.05) is 0 Å². The second-order valence-electron chi connectivity index (χ2n) is 3.66. The van der Waals surface area contributed by atoms with Gasteiger partial charge < -0.3 is 0 Å². The lowest BCUT2D eigenvalue weighted by atomic mass is 10.2. The van der Waals surface area contributed by atoms with Crippen LogP contribution in [0.5, 0.6) is 0 Å². The van der Waals surface area contributed by atoms with Gasteiger partial charge in [-0.2, -0.15) is 18.3 Å². The lowest BCUT2D eigenvalue weighted by Gasteiger charge is -2.03. The van der Waals surface area contributed by atoms with Crippen molar-refractivity contribution < 1.29 is 13.2 Å². The number of nitrogens with zero attached hydrogens (tertiary/aromatic N) is 3. The van der Waals surface area contributed by atoms with Crippen LogP contribution >= 0.6 is 0 Å². The first-order valence-electron chi connectivity index (χ1n) is 5.20. The molecule has 0 bridgehead atoms. The first kappa shape index (κ1) is 12.3. The molecule has 2 rings (SSSR count). The Bertz CT molecular complexity index is 540. The second kappa shape index (κ2) is 4.64. The van der Waals surface area contributed by atoms with Crippen LogP contribution in [0, 0.1) is 0 Å². The van der Waals surface area contributed by atoms with Gasteiger partial charge in [-0.05, 0) is 24.1 Å². The third-order valence-electron chi connectivity index (χ3n) is 2.30. The molecule has 0 aliphatic heterocycles. The standard InChI is InChI=1S/C12H10F3N3/c1-2-3-9-4-5-11(16-8-9)18-7-6-10(17-18)12(13,14)15/h2,4-8H,1,3H2. The summed E-state index contributed by atoms with van der Waals surface area (Å²) in [6.07, 6.45) is 0.783. The summed E-state index contributed by atoms with van der Waals surface area (Å²) in [5, 5.41) is 3.44. The van der Waals surface area contributed by atoms with Crippen LogP contribution in [0.3, 0.4) is 0 Å². The normalized spacial score (nSPS) is 11.5. The number of hydrogen-bond donors (Lipinski definition) is 0. The molecule has 0 saturated carbocycles. The van der Waals surface area contributed by atoms with Crippen molar-refractivity contribution in [1.29, 1.82) is 0 Å². The third-order valence-corrected chi connectivity index (χ3v) is 2.30. The predicted octanol–water partition coefficient (Wildman–Crippen LogP) is 3.01. The highest BCUT2D eigenvalue weighted by Crippen LogP contribution is 2.27. The Morgan fingerprint density at radius 2 is 2.06 bits per heavy atom. The van der Waals surface area contributed by atoms with Gasteiger partial charge in [0.2, 0.25) is 0 Å². The fraction of sp³-hybridized carbons (Fsp3) is 0.167. The largest absolute Gasteiger partial charge is 0.435 e. The molecule has 0 radical (unpaired) electrons. The molecular formula is C12H10F3N3. The summed E-state index contributed by atoms with van der Waals surface area (Å²) in [7, 11) is 0. The summed E-state index contributed by atoms with van der Waals surface area (Å²) in [6, 6.07) is 4.31. The molecule has 0 atom stereocenters. The van der Waals surface area contributed by atoms with Gasteiger partial charge in [-0.25, -0.2) is 9.67 Å². The summed E-state index contributed by atoms with van der Waals surface area (Å²) in [5.41, 5.74) is 0.0106. The Kier molecular flexibility index (Phi) is 3.18. The Morgan fingerprint density at radius 3 is 2.56 bits per heavy atom. The molecule has 0 aliphatic carbocycles. The Morgan fingerprint density at radius 1 is 1.28 bits per heavy atom. The van der Waals surface area contributed by atoms with E-state index < -0.39 is 11.9 Å². The van der Waals surface area contributed by atoms with Crippen LogP contribution in [-0.2, 0) is 12.6 Å². The Labute approximate surface area is 102 Å². The number of alkyl halides is 3. The third kappa shape index (κ3) is 2.58. The smallest absolute Gasteiger partial charge is 0.237 e. The van der Waals surface area contributed by atoms with Crippen LogP contribution < -0.4 is 0 Å². The van der Waals surface area contributed by atoms with Gasteiger partial charge in [0.05, 0.1) is 0 Å². The quantitative estimate of drug-likeness (QED) is 0.787. The van der Waals surface area contributed by atoms with Crippen LogP contribution in [0.25, 0.3) is 5.82 Å². The SMILES string of the molecule is C=CCc1ccc(-n2ccc(C(F)(F)F)n2)nc1. The van der Waals surface area contributed by atoms with Gasteiger partial charge in [0, 0.05) is 12.4 Å². The zero-order valence-corrected chi connectivity index (χ0v) is 9.35. The lowest BCUT2D eigenvalue weighted by Crippen LogP contribution is -2.07. The average molecular weight is 253 g/mol. The number of rotatable bonds is 3. The maximum Gasteiger partial charge on any atom is 0.435 e. The first-order chi connectivity index (χ1) is 8.50. The molecule has 0 fully saturated rings. The molecule has 6 heteroatoms. The molecule has 94 valence electrons. The topological polar surface area (TPSA) is 30.7 Å². The van der Waals surface area contributed by atoms with Crippen molar-refractivity contribution in [3.63, 3.8) is 0 Å². The number of halogens is 3. The highest BCUT2D eigenvalue weighted by molar-refractivity contribution is 5.26. The van der Waals surface area contributed by atoms with E-state index in [0.29, 0.717) is 12.2 Å². The van der Waals surface area contributed by atoms with Crippen LogP contribution in [0.1, 0.15) is 11.3 Å². The van der Waals surface area contributed by atoms with E-state index in [9.17, 15) is 13.2 Å². The molecule has 3 nitrogen and oxygen atoms in total. The van der Waals surface area contributed by atoms with E-state index in [1.165, 1.54) is 6.20 Å². The van der Waals surface area contributed by atoms with Crippen molar-refractivity contribution >= 4 is 0 Å². The Hall–Kier alpha value is -2.11. The summed E-state index contributed by atoms with van der Waals surface area (Å²) < 4.78 is 38.2. The van der Waals surface area contributed by atoms with Crippen LogP contribution in [0.4, 0.5) is 13.2 Å². The highest BCUT2D eigenvalue weighted by Gasteiger charge is 2.33. The fourth-order valence-electron chi connectivity index (χ4n) is 1.44. The molecule has 2 aromatic rings. The number of hydrogen-bond acceptors (Lipinski definition) is 2. The van der Waals surface area contributed by atoms with Crippen molar-refractivity contribution in [2.24, 2.45) is 0 Å². The van der Waals surface area contributed by atoms with Gasteiger partial charge >= 0.3 is 6.18 Å². The molecule has 0 N–H and O–H groups in total. The molecular weight excluding hydrogens is 243 g/mol. The molecule has 18 heavy (non-hydrogen) atoms. The van der Waals surface area contributed by atoms with Crippen molar-refractivity contribution in [1.82, 2.24) is 14.8 Å². The van der Waals surface area contributed by atoms with E-state index in [2.05, 4.69) is 16.7 Å². The first-order valence-corrected chi connectivity index (χ1v) is 5.20.